The Morgan fingerprint density at radius 3 is 2.28 bits per heavy atom. The van der Waals surface area contributed by atoms with E-state index in [1.54, 1.807) is 6.07 Å². The second-order valence-electron chi connectivity index (χ2n) is 4.83. The Morgan fingerprint density at radius 2 is 1.68 bits per heavy atom. The van der Waals surface area contributed by atoms with Gasteiger partial charge in [-0.25, -0.2) is 4.79 Å². The van der Waals surface area contributed by atoms with Gasteiger partial charge in [-0.15, -0.1) is 0 Å². The van der Waals surface area contributed by atoms with E-state index in [1.807, 2.05) is 0 Å². The zero-order valence-electron chi connectivity index (χ0n) is 13.7. The minimum atomic E-state index is -0.602. The third-order valence-corrected chi connectivity index (χ3v) is 3.94. The average molecular weight is 384 g/mol. The summed E-state index contributed by atoms with van der Waals surface area (Å²) in [5.74, 6) is -0.386. The SMILES string of the molecule is COC(=O)c1cc(NC(=O)c2cc(Cl)c(OC)c(OC)c2)ccc1Cl. The number of anilines is 1. The number of hydrogen-bond acceptors (Lipinski definition) is 5. The van der Waals surface area contributed by atoms with Crippen LogP contribution in [0.25, 0.3) is 0 Å². The minimum absolute atomic E-state index is 0.146. The van der Waals surface area contributed by atoms with Crippen molar-refractivity contribution in [2.24, 2.45) is 0 Å². The topological polar surface area (TPSA) is 73.9 Å². The summed E-state index contributed by atoms with van der Waals surface area (Å²) in [7, 11) is 4.14. The number of nitrogens with one attached hydrogen (secondary N) is 1. The number of esters is 1. The molecule has 0 saturated carbocycles. The Hall–Kier alpha value is -2.44. The Kier molecular flexibility index (Phi) is 6.12. The predicted molar refractivity (Wildman–Crippen MR) is 95.3 cm³/mol. The summed E-state index contributed by atoms with van der Waals surface area (Å²) >= 11 is 12.1. The quantitative estimate of drug-likeness (QED) is 0.788. The molecule has 0 aliphatic carbocycles. The molecular formula is C17H15Cl2NO5. The highest BCUT2D eigenvalue weighted by atomic mass is 35.5. The summed E-state index contributed by atoms with van der Waals surface area (Å²) in [4.78, 5) is 24.1. The molecule has 0 radical (unpaired) electrons. The molecule has 2 aromatic carbocycles. The molecule has 0 aliphatic rings. The Morgan fingerprint density at radius 1 is 0.960 bits per heavy atom. The molecule has 0 unspecified atom stereocenters. The van der Waals surface area contributed by atoms with E-state index in [2.05, 4.69) is 10.1 Å². The molecule has 0 heterocycles. The molecule has 2 rings (SSSR count). The molecular weight excluding hydrogens is 369 g/mol. The molecule has 1 amide bonds. The number of hydrogen-bond donors (Lipinski definition) is 1. The first-order valence-electron chi connectivity index (χ1n) is 7.02. The molecule has 0 fully saturated rings. The predicted octanol–water partition coefficient (Wildman–Crippen LogP) is 4.05. The number of rotatable bonds is 5. The summed E-state index contributed by atoms with van der Waals surface area (Å²) in [6, 6.07) is 7.43. The van der Waals surface area contributed by atoms with Gasteiger partial charge in [0.15, 0.2) is 11.5 Å². The zero-order valence-corrected chi connectivity index (χ0v) is 15.2. The van der Waals surface area contributed by atoms with Crippen molar-refractivity contribution >= 4 is 40.8 Å². The first-order chi connectivity index (χ1) is 11.9. The van der Waals surface area contributed by atoms with Crippen LogP contribution in [-0.4, -0.2) is 33.2 Å². The zero-order chi connectivity index (χ0) is 18.6. The summed E-state index contributed by atoms with van der Waals surface area (Å²) in [6.45, 7) is 0. The van der Waals surface area contributed by atoms with Crippen LogP contribution in [-0.2, 0) is 4.74 Å². The van der Waals surface area contributed by atoms with Gasteiger partial charge >= 0.3 is 5.97 Å². The molecule has 8 heteroatoms. The maximum absolute atomic E-state index is 12.5. The van der Waals surface area contributed by atoms with E-state index in [0.717, 1.165) is 0 Å². The number of amides is 1. The molecule has 0 saturated heterocycles. The van der Waals surface area contributed by atoms with Crippen molar-refractivity contribution < 1.29 is 23.8 Å². The van der Waals surface area contributed by atoms with Gasteiger partial charge in [-0.05, 0) is 30.3 Å². The van der Waals surface area contributed by atoms with E-state index in [1.165, 1.54) is 45.6 Å². The monoisotopic (exact) mass is 383 g/mol. The summed E-state index contributed by atoms with van der Waals surface area (Å²) < 4.78 is 15.0. The van der Waals surface area contributed by atoms with Gasteiger partial charge in [0.25, 0.3) is 5.91 Å². The fourth-order valence-electron chi connectivity index (χ4n) is 2.12. The number of ether oxygens (including phenoxy) is 3. The van der Waals surface area contributed by atoms with Crippen molar-refractivity contribution in [2.45, 2.75) is 0 Å². The van der Waals surface area contributed by atoms with Crippen molar-refractivity contribution in [3.8, 4) is 11.5 Å². The third kappa shape index (κ3) is 4.15. The van der Waals surface area contributed by atoms with Gasteiger partial charge in [-0.3, -0.25) is 4.79 Å². The lowest BCUT2D eigenvalue weighted by Crippen LogP contribution is -2.13. The van der Waals surface area contributed by atoms with Crippen LogP contribution >= 0.6 is 23.2 Å². The van der Waals surface area contributed by atoms with Gasteiger partial charge in [-0.1, -0.05) is 23.2 Å². The van der Waals surface area contributed by atoms with Gasteiger partial charge in [0, 0.05) is 11.3 Å². The van der Waals surface area contributed by atoms with Crippen LogP contribution in [0.2, 0.25) is 10.0 Å². The van der Waals surface area contributed by atoms with Gasteiger partial charge in [0.1, 0.15) is 0 Å². The maximum atomic E-state index is 12.5. The highest BCUT2D eigenvalue weighted by molar-refractivity contribution is 6.34. The second kappa shape index (κ2) is 8.09. The highest BCUT2D eigenvalue weighted by Gasteiger charge is 2.17. The van der Waals surface area contributed by atoms with E-state index in [0.29, 0.717) is 17.2 Å². The minimum Gasteiger partial charge on any atom is -0.493 e. The van der Waals surface area contributed by atoms with Gasteiger partial charge in [0.05, 0.1) is 36.9 Å². The Balaban J connectivity index is 2.31. The van der Waals surface area contributed by atoms with E-state index in [-0.39, 0.29) is 21.2 Å². The summed E-state index contributed by atoms with van der Waals surface area (Å²) in [5, 5.41) is 3.12. The summed E-state index contributed by atoms with van der Waals surface area (Å²) in [5.41, 5.74) is 0.783. The van der Waals surface area contributed by atoms with Crippen molar-refractivity contribution in [3.63, 3.8) is 0 Å². The molecule has 0 aliphatic heterocycles. The molecule has 0 aromatic heterocycles. The van der Waals surface area contributed by atoms with Crippen molar-refractivity contribution in [2.75, 3.05) is 26.6 Å². The van der Waals surface area contributed by atoms with Gasteiger partial charge < -0.3 is 19.5 Å². The van der Waals surface area contributed by atoms with Crippen LogP contribution in [0.5, 0.6) is 11.5 Å². The van der Waals surface area contributed by atoms with Crippen LogP contribution in [0.15, 0.2) is 30.3 Å². The molecule has 0 spiro atoms. The molecule has 6 nitrogen and oxygen atoms in total. The molecule has 1 N–H and O–H groups in total. The van der Waals surface area contributed by atoms with Crippen LogP contribution in [0.4, 0.5) is 5.69 Å². The first kappa shape index (κ1) is 18.9. The fourth-order valence-corrected chi connectivity index (χ4v) is 2.60. The summed E-state index contributed by atoms with van der Waals surface area (Å²) in [6.07, 6.45) is 0. The standard InChI is InChI=1S/C17H15Cl2NO5/c1-23-14-7-9(6-13(19)15(14)24-2)16(21)20-10-4-5-12(18)11(8-10)17(22)25-3/h4-8H,1-3H3,(H,20,21). The molecule has 0 bridgehead atoms. The number of carbonyl (C=O) groups is 2. The van der Waals surface area contributed by atoms with Crippen molar-refractivity contribution in [1.82, 2.24) is 0 Å². The van der Waals surface area contributed by atoms with Crippen molar-refractivity contribution in [3.05, 3.63) is 51.5 Å². The number of carbonyl (C=O) groups excluding carboxylic acids is 2. The van der Waals surface area contributed by atoms with Crippen LogP contribution < -0.4 is 14.8 Å². The van der Waals surface area contributed by atoms with Crippen molar-refractivity contribution in [1.29, 1.82) is 0 Å². The van der Waals surface area contributed by atoms with Crippen LogP contribution in [0.1, 0.15) is 20.7 Å². The lowest BCUT2D eigenvalue weighted by atomic mass is 10.1. The highest BCUT2D eigenvalue weighted by Crippen LogP contribution is 2.36. The van der Waals surface area contributed by atoms with Gasteiger partial charge in [0.2, 0.25) is 0 Å². The third-order valence-electron chi connectivity index (χ3n) is 3.33. The van der Waals surface area contributed by atoms with Gasteiger partial charge in [-0.2, -0.15) is 0 Å². The van der Waals surface area contributed by atoms with E-state index >= 15 is 0 Å². The molecule has 25 heavy (non-hydrogen) atoms. The maximum Gasteiger partial charge on any atom is 0.339 e. The van der Waals surface area contributed by atoms with Crippen LogP contribution in [0, 0.1) is 0 Å². The lowest BCUT2D eigenvalue weighted by molar-refractivity contribution is 0.0600. The van der Waals surface area contributed by atoms with E-state index in [9.17, 15) is 9.59 Å². The number of methoxy groups -OCH3 is 3. The molecule has 0 atom stereocenters. The number of halogens is 2. The number of benzene rings is 2. The molecule has 2 aromatic rings. The Labute approximate surface area is 154 Å². The van der Waals surface area contributed by atoms with E-state index in [4.69, 9.17) is 32.7 Å². The van der Waals surface area contributed by atoms with Crippen LogP contribution in [0.3, 0.4) is 0 Å². The second-order valence-corrected chi connectivity index (χ2v) is 5.65. The lowest BCUT2D eigenvalue weighted by Gasteiger charge is -2.12. The van der Waals surface area contributed by atoms with E-state index < -0.39 is 11.9 Å². The average Bonchev–Trinajstić information content (AvgIpc) is 2.61. The largest absolute Gasteiger partial charge is 0.493 e. The molecule has 132 valence electrons. The normalized spacial score (nSPS) is 10.1. The first-order valence-corrected chi connectivity index (χ1v) is 7.77. The Bertz CT molecular complexity index is 823. The smallest absolute Gasteiger partial charge is 0.339 e. The fraction of sp³-hybridized carbons (Fsp3) is 0.176.